The van der Waals surface area contributed by atoms with E-state index < -0.39 is 11.9 Å². The summed E-state index contributed by atoms with van der Waals surface area (Å²) in [5.41, 5.74) is -0.786. The van der Waals surface area contributed by atoms with Gasteiger partial charge >= 0.3 is 6.18 Å². The Hall–Kier alpha value is -1.04. The van der Waals surface area contributed by atoms with Crippen LogP contribution >= 0.6 is 0 Å². The highest BCUT2D eigenvalue weighted by Gasteiger charge is 2.32. The van der Waals surface area contributed by atoms with Gasteiger partial charge in [-0.15, -0.1) is 0 Å². The van der Waals surface area contributed by atoms with E-state index >= 15 is 0 Å². The molecule has 1 heterocycles. The van der Waals surface area contributed by atoms with E-state index in [0.717, 1.165) is 12.7 Å². The lowest BCUT2D eigenvalue weighted by Gasteiger charge is -2.02. The van der Waals surface area contributed by atoms with Crippen molar-refractivity contribution in [1.29, 1.82) is 0 Å². The first-order chi connectivity index (χ1) is 7.05. The molecule has 0 bridgehead atoms. The van der Waals surface area contributed by atoms with Crippen LogP contribution in [0.25, 0.3) is 0 Å². The zero-order chi connectivity index (χ0) is 10.9. The Bertz CT molecular complexity index is 328. The first kappa shape index (κ1) is 10.5. The number of aromatic nitrogens is 2. The van der Waals surface area contributed by atoms with Crippen LogP contribution in [0.4, 0.5) is 13.2 Å². The fraction of sp³-hybridized carbons (Fsp3) is 0.667. The van der Waals surface area contributed by atoms with Gasteiger partial charge in [0.2, 0.25) is 0 Å². The largest absolute Gasteiger partial charge is 0.432 e. The molecule has 0 atom stereocenters. The maximum Gasteiger partial charge on any atom is 0.432 e. The minimum Gasteiger partial charge on any atom is -0.337 e. The van der Waals surface area contributed by atoms with Crippen LogP contribution in [0.5, 0.6) is 0 Å². The highest BCUT2D eigenvalue weighted by atomic mass is 19.4. The summed E-state index contributed by atoms with van der Waals surface area (Å²) in [6.07, 6.45) is -1.06. The van der Waals surface area contributed by atoms with Gasteiger partial charge < -0.3 is 10.3 Å². The number of H-pyrrole nitrogens is 1. The molecule has 3 nitrogen and oxygen atoms in total. The van der Waals surface area contributed by atoms with Crippen molar-refractivity contribution in [2.24, 2.45) is 5.92 Å². The number of hydrogen-bond donors (Lipinski definition) is 2. The molecule has 0 radical (unpaired) electrons. The van der Waals surface area contributed by atoms with Crippen molar-refractivity contribution in [2.45, 2.75) is 25.6 Å². The van der Waals surface area contributed by atoms with E-state index in [-0.39, 0.29) is 0 Å². The Kier molecular flexibility index (Phi) is 2.68. The van der Waals surface area contributed by atoms with E-state index in [9.17, 15) is 13.2 Å². The van der Waals surface area contributed by atoms with Gasteiger partial charge in [0, 0.05) is 0 Å². The predicted molar refractivity (Wildman–Crippen MR) is 48.0 cm³/mol. The fourth-order valence-corrected chi connectivity index (χ4v) is 1.31. The van der Waals surface area contributed by atoms with E-state index in [1.807, 2.05) is 0 Å². The quantitative estimate of drug-likeness (QED) is 0.812. The van der Waals surface area contributed by atoms with Gasteiger partial charge in [-0.2, -0.15) is 13.2 Å². The van der Waals surface area contributed by atoms with Gasteiger partial charge in [-0.1, -0.05) is 0 Å². The van der Waals surface area contributed by atoms with Gasteiger partial charge in [0.05, 0.1) is 12.7 Å². The second-order valence-electron chi connectivity index (χ2n) is 3.82. The molecule has 15 heavy (non-hydrogen) atoms. The van der Waals surface area contributed by atoms with Crippen molar-refractivity contribution < 1.29 is 13.2 Å². The Morgan fingerprint density at radius 3 is 2.73 bits per heavy atom. The standard InChI is InChI=1S/C9H12F3N3/c10-9(11,12)7-4-14-8(15-7)5-13-3-6-1-2-6/h4,6,13H,1-3,5H2,(H,14,15). The summed E-state index contributed by atoms with van der Waals surface area (Å²) in [7, 11) is 0. The number of hydrogen-bond acceptors (Lipinski definition) is 2. The molecular weight excluding hydrogens is 207 g/mol. The molecule has 2 N–H and O–H groups in total. The second-order valence-corrected chi connectivity index (χ2v) is 3.82. The molecule has 1 fully saturated rings. The molecule has 1 aromatic heterocycles. The third-order valence-electron chi connectivity index (χ3n) is 2.36. The van der Waals surface area contributed by atoms with Crippen molar-refractivity contribution in [3.8, 4) is 0 Å². The van der Waals surface area contributed by atoms with E-state index in [1.165, 1.54) is 12.8 Å². The van der Waals surface area contributed by atoms with Crippen LogP contribution in [0.15, 0.2) is 6.20 Å². The zero-order valence-corrected chi connectivity index (χ0v) is 8.06. The van der Waals surface area contributed by atoms with Crippen LogP contribution in [-0.2, 0) is 12.7 Å². The van der Waals surface area contributed by atoms with Crippen LogP contribution in [0.1, 0.15) is 24.4 Å². The molecule has 1 aliphatic carbocycles. The lowest BCUT2D eigenvalue weighted by molar-refractivity contribution is -0.140. The molecule has 1 aliphatic rings. The van der Waals surface area contributed by atoms with Gasteiger partial charge in [-0.25, -0.2) is 4.98 Å². The SMILES string of the molecule is FC(F)(F)c1cnc(CNCC2CC2)[nH]1. The molecule has 2 rings (SSSR count). The van der Waals surface area contributed by atoms with E-state index in [0.29, 0.717) is 18.3 Å². The van der Waals surface area contributed by atoms with Crippen LogP contribution in [-0.4, -0.2) is 16.5 Å². The van der Waals surface area contributed by atoms with Crippen LogP contribution in [0, 0.1) is 5.92 Å². The van der Waals surface area contributed by atoms with Gasteiger partial charge in [0.15, 0.2) is 0 Å². The number of nitrogens with zero attached hydrogens (tertiary/aromatic N) is 1. The maximum atomic E-state index is 12.2. The summed E-state index contributed by atoms with van der Waals surface area (Å²) in [4.78, 5) is 5.91. The highest BCUT2D eigenvalue weighted by Crippen LogP contribution is 2.28. The fourth-order valence-electron chi connectivity index (χ4n) is 1.31. The molecule has 0 aromatic carbocycles. The van der Waals surface area contributed by atoms with Gasteiger partial charge in [-0.05, 0) is 25.3 Å². The normalized spacial score (nSPS) is 17.0. The lowest BCUT2D eigenvalue weighted by Crippen LogP contribution is -2.17. The maximum absolute atomic E-state index is 12.2. The Morgan fingerprint density at radius 1 is 1.47 bits per heavy atom. The summed E-state index contributed by atoms with van der Waals surface area (Å²) in [5.74, 6) is 1.05. The third kappa shape index (κ3) is 2.95. The highest BCUT2D eigenvalue weighted by molar-refractivity contribution is 5.04. The predicted octanol–water partition coefficient (Wildman–Crippen LogP) is 1.93. The van der Waals surface area contributed by atoms with Gasteiger partial charge in [0.1, 0.15) is 11.5 Å². The molecule has 0 aliphatic heterocycles. The van der Waals surface area contributed by atoms with E-state index in [2.05, 4.69) is 15.3 Å². The summed E-state index contributed by atoms with van der Waals surface area (Å²) in [6.45, 7) is 1.23. The number of imidazole rings is 1. The monoisotopic (exact) mass is 219 g/mol. The molecule has 6 heteroatoms. The van der Waals surface area contributed by atoms with Crippen LogP contribution < -0.4 is 5.32 Å². The van der Waals surface area contributed by atoms with Gasteiger partial charge in [-0.3, -0.25) is 0 Å². The average molecular weight is 219 g/mol. The molecule has 84 valence electrons. The van der Waals surface area contributed by atoms with E-state index in [1.54, 1.807) is 0 Å². The molecule has 0 saturated heterocycles. The average Bonchev–Trinajstić information content (AvgIpc) is 2.80. The third-order valence-corrected chi connectivity index (χ3v) is 2.36. The molecule has 0 spiro atoms. The number of halogens is 3. The number of aromatic amines is 1. The Labute approximate surface area is 85.1 Å². The van der Waals surface area contributed by atoms with Gasteiger partial charge in [0.25, 0.3) is 0 Å². The number of alkyl halides is 3. The number of rotatable bonds is 4. The zero-order valence-electron chi connectivity index (χ0n) is 8.06. The smallest absolute Gasteiger partial charge is 0.337 e. The van der Waals surface area contributed by atoms with Crippen molar-refractivity contribution in [1.82, 2.24) is 15.3 Å². The summed E-state index contributed by atoms with van der Waals surface area (Å²) < 4.78 is 36.5. The summed E-state index contributed by atoms with van der Waals surface area (Å²) in [6, 6.07) is 0. The molecule has 1 aromatic rings. The van der Waals surface area contributed by atoms with Crippen LogP contribution in [0.3, 0.4) is 0 Å². The molecular formula is C9H12F3N3. The molecule has 0 unspecified atom stereocenters. The summed E-state index contributed by atoms with van der Waals surface area (Å²) >= 11 is 0. The lowest BCUT2D eigenvalue weighted by atomic mass is 10.4. The number of nitrogens with one attached hydrogen (secondary N) is 2. The second kappa shape index (κ2) is 3.84. The Morgan fingerprint density at radius 2 is 2.20 bits per heavy atom. The van der Waals surface area contributed by atoms with Crippen molar-refractivity contribution in [3.63, 3.8) is 0 Å². The minimum atomic E-state index is -4.33. The van der Waals surface area contributed by atoms with Crippen molar-refractivity contribution in [3.05, 3.63) is 17.7 Å². The van der Waals surface area contributed by atoms with Crippen LogP contribution in [0.2, 0.25) is 0 Å². The molecule has 0 amide bonds. The topological polar surface area (TPSA) is 40.7 Å². The first-order valence-electron chi connectivity index (χ1n) is 4.87. The van der Waals surface area contributed by atoms with Crippen molar-refractivity contribution in [2.75, 3.05) is 6.54 Å². The van der Waals surface area contributed by atoms with E-state index in [4.69, 9.17) is 0 Å². The summed E-state index contributed by atoms with van der Waals surface area (Å²) in [5, 5.41) is 3.07. The molecule has 1 saturated carbocycles. The first-order valence-corrected chi connectivity index (χ1v) is 4.87. The Balaban J connectivity index is 1.83. The van der Waals surface area contributed by atoms with Crippen molar-refractivity contribution >= 4 is 0 Å². The minimum absolute atomic E-state index is 0.336.